The second-order valence-electron chi connectivity index (χ2n) is 4.36. The summed E-state index contributed by atoms with van der Waals surface area (Å²) in [4.78, 5) is 0. The Morgan fingerprint density at radius 1 is 0.933 bits per heavy atom. The van der Waals surface area contributed by atoms with Crippen LogP contribution < -0.4 is 0 Å². The Balaban J connectivity index is 1.81. The lowest BCUT2D eigenvalue weighted by atomic mass is 10.1. The Labute approximate surface area is 98.7 Å². The third-order valence-electron chi connectivity index (χ3n) is 2.90. The quantitative estimate of drug-likeness (QED) is 0.490. The van der Waals surface area contributed by atoms with E-state index < -0.39 is 0 Å². The lowest BCUT2D eigenvalue weighted by Gasteiger charge is -2.00. The number of unbranched alkanes of at least 4 members (excludes halogenated alkanes) is 7. The van der Waals surface area contributed by atoms with Crippen LogP contribution in [0.3, 0.4) is 0 Å². The van der Waals surface area contributed by atoms with Crippen molar-refractivity contribution in [3.8, 4) is 0 Å². The number of hydrogen-bond donors (Lipinski definition) is 0. The second kappa shape index (κ2) is 8.96. The van der Waals surface area contributed by atoms with Gasteiger partial charge < -0.3 is 0 Å². The topological polar surface area (TPSA) is 0 Å². The molecule has 0 unspecified atom stereocenters. The molecule has 86 valence electrons. The standard InChI is InChI=1S/C14H24S/c1-2-3-4-5-6-7-8-9-10-14-11-12-15-13-14/h11-13H,2-10H2,1H3. The number of aryl methyl sites for hydroxylation is 1. The predicted octanol–water partition coefficient (Wildman–Crippen LogP) is 5.43. The van der Waals surface area contributed by atoms with E-state index in [-0.39, 0.29) is 0 Å². The highest BCUT2D eigenvalue weighted by molar-refractivity contribution is 7.07. The fraction of sp³-hybridized carbons (Fsp3) is 0.714. The van der Waals surface area contributed by atoms with Crippen molar-refractivity contribution in [3.63, 3.8) is 0 Å². The minimum atomic E-state index is 1.29. The summed E-state index contributed by atoms with van der Waals surface area (Å²) in [6.45, 7) is 2.28. The van der Waals surface area contributed by atoms with Gasteiger partial charge in [0.05, 0.1) is 0 Å². The van der Waals surface area contributed by atoms with Crippen LogP contribution in [0.1, 0.15) is 63.9 Å². The monoisotopic (exact) mass is 224 g/mol. The molecule has 0 spiro atoms. The van der Waals surface area contributed by atoms with E-state index in [1.54, 1.807) is 0 Å². The van der Waals surface area contributed by atoms with Crippen molar-refractivity contribution in [2.75, 3.05) is 0 Å². The highest BCUT2D eigenvalue weighted by atomic mass is 32.1. The van der Waals surface area contributed by atoms with Gasteiger partial charge in [-0.3, -0.25) is 0 Å². The van der Waals surface area contributed by atoms with Gasteiger partial charge in [0, 0.05) is 0 Å². The average Bonchev–Trinajstić information content (AvgIpc) is 2.75. The molecule has 1 aromatic rings. The molecular weight excluding hydrogens is 200 g/mol. The highest BCUT2D eigenvalue weighted by Gasteiger charge is 1.94. The first kappa shape index (κ1) is 12.8. The largest absolute Gasteiger partial charge is 0.152 e. The third kappa shape index (κ3) is 6.72. The van der Waals surface area contributed by atoms with Crippen LogP contribution in [0.25, 0.3) is 0 Å². The Morgan fingerprint density at radius 3 is 2.20 bits per heavy atom. The zero-order valence-corrected chi connectivity index (χ0v) is 10.8. The molecule has 1 heteroatoms. The summed E-state index contributed by atoms with van der Waals surface area (Å²) in [6.07, 6.45) is 12.7. The molecule has 0 atom stereocenters. The molecule has 0 saturated heterocycles. The molecule has 1 heterocycles. The van der Waals surface area contributed by atoms with Crippen LogP contribution in [-0.4, -0.2) is 0 Å². The minimum Gasteiger partial charge on any atom is -0.152 e. The molecule has 0 nitrogen and oxygen atoms in total. The Hall–Kier alpha value is -0.300. The normalized spacial score (nSPS) is 10.7. The summed E-state index contributed by atoms with van der Waals surface area (Å²) in [7, 11) is 0. The zero-order chi connectivity index (χ0) is 10.8. The van der Waals surface area contributed by atoms with Gasteiger partial charge in [-0.2, -0.15) is 11.3 Å². The van der Waals surface area contributed by atoms with Crippen molar-refractivity contribution in [1.29, 1.82) is 0 Å². The zero-order valence-electron chi connectivity index (χ0n) is 10.0. The lowest BCUT2D eigenvalue weighted by molar-refractivity contribution is 0.575. The first-order chi connectivity index (χ1) is 7.43. The maximum atomic E-state index is 2.28. The average molecular weight is 224 g/mol. The van der Waals surface area contributed by atoms with Gasteiger partial charge in [-0.1, -0.05) is 51.9 Å². The van der Waals surface area contributed by atoms with Crippen LogP contribution in [0.5, 0.6) is 0 Å². The smallest absolute Gasteiger partial charge is 0.00613 e. The SMILES string of the molecule is CCCCCCCCCCc1ccsc1. The van der Waals surface area contributed by atoms with E-state index >= 15 is 0 Å². The molecule has 0 saturated carbocycles. The molecule has 0 radical (unpaired) electrons. The molecule has 0 fully saturated rings. The van der Waals surface area contributed by atoms with Crippen LogP contribution in [0.2, 0.25) is 0 Å². The number of thiophene rings is 1. The van der Waals surface area contributed by atoms with E-state index in [1.165, 1.54) is 63.4 Å². The maximum Gasteiger partial charge on any atom is -0.00613 e. The molecule has 15 heavy (non-hydrogen) atoms. The van der Waals surface area contributed by atoms with Gasteiger partial charge in [0.2, 0.25) is 0 Å². The predicted molar refractivity (Wildman–Crippen MR) is 70.6 cm³/mol. The molecule has 0 aliphatic carbocycles. The van der Waals surface area contributed by atoms with E-state index in [9.17, 15) is 0 Å². The van der Waals surface area contributed by atoms with Crippen molar-refractivity contribution in [1.82, 2.24) is 0 Å². The van der Waals surface area contributed by atoms with Gasteiger partial charge in [-0.05, 0) is 35.2 Å². The Morgan fingerprint density at radius 2 is 1.60 bits per heavy atom. The van der Waals surface area contributed by atoms with E-state index in [1.807, 2.05) is 11.3 Å². The molecule has 0 amide bonds. The summed E-state index contributed by atoms with van der Waals surface area (Å²) in [5.74, 6) is 0. The van der Waals surface area contributed by atoms with Crippen LogP contribution in [-0.2, 0) is 6.42 Å². The first-order valence-electron chi connectivity index (χ1n) is 6.44. The van der Waals surface area contributed by atoms with E-state index in [2.05, 4.69) is 23.8 Å². The van der Waals surface area contributed by atoms with Gasteiger partial charge >= 0.3 is 0 Å². The Bertz CT molecular complexity index is 213. The molecule has 0 aromatic carbocycles. The summed E-state index contributed by atoms with van der Waals surface area (Å²) in [5.41, 5.74) is 1.53. The van der Waals surface area contributed by atoms with E-state index in [4.69, 9.17) is 0 Å². The van der Waals surface area contributed by atoms with Crippen molar-refractivity contribution >= 4 is 11.3 Å². The van der Waals surface area contributed by atoms with Gasteiger partial charge in [0.1, 0.15) is 0 Å². The number of hydrogen-bond acceptors (Lipinski definition) is 1. The first-order valence-corrected chi connectivity index (χ1v) is 7.39. The molecule has 1 aromatic heterocycles. The van der Waals surface area contributed by atoms with E-state index in [0.29, 0.717) is 0 Å². The highest BCUT2D eigenvalue weighted by Crippen LogP contribution is 2.12. The molecule has 1 rings (SSSR count). The molecule has 0 bridgehead atoms. The molecular formula is C14H24S. The molecule has 0 aliphatic rings. The van der Waals surface area contributed by atoms with Crippen molar-refractivity contribution in [2.45, 2.75) is 64.7 Å². The van der Waals surface area contributed by atoms with Gasteiger partial charge in [0.15, 0.2) is 0 Å². The second-order valence-corrected chi connectivity index (χ2v) is 5.14. The number of rotatable bonds is 9. The van der Waals surface area contributed by atoms with Crippen LogP contribution >= 0.6 is 11.3 Å². The van der Waals surface area contributed by atoms with Gasteiger partial charge in [0.25, 0.3) is 0 Å². The van der Waals surface area contributed by atoms with E-state index in [0.717, 1.165) is 0 Å². The third-order valence-corrected chi connectivity index (χ3v) is 3.63. The lowest BCUT2D eigenvalue weighted by Crippen LogP contribution is -1.84. The summed E-state index contributed by atoms with van der Waals surface area (Å²) >= 11 is 1.82. The summed E-state index contributed by atoms with van der Waals surface area (Å²) in [5, 5.41) is 4.46. The van der Waals surface area contributed by atoms with Crippen molar-refractivity contribution < 1.29 is 0 Å². The summed E-state index contributed by atoms with van der Waals surface area (Å²) < 4.78 is 0. The van der Waals surface area contributed by atoms with Crippen LogP contribution in [0.4, 0.5) is 0 Å². The molecule has 0 aliphatic heterocycles. The van der Waals surface area contributed by atoms with Crippen molar-refractivity contribution in [2.24, 2.45) is 0 Å². The van der Waals surface area contributed by atoms with Crippen LogP contribution in [0, 0.1) is 0 Å². The Kier molecular flexibility index (Phi) is 7.63. The minimum absolute atomic E-state index is 1.29. The van der Waals surface area contributed by atoms with Gasteiger partial charge in [-0.25, -0.2) is 0 Å². The summed E-state index contributed by atoms with van der Waals surface area (Å²) in [6, 6.07) is 2.26. The maximum absolute atomic E-state index is 2.28. The van der Waals surface area contributed by atoms with Crippen LogP contribution in [0.15, 0.2) is 16.8 Å². The van der Waals surface area contributed by atoms with Gasteiger partial charge in [-0.15, -0.1) is 0 Å². The fourth-order valence-corrected chi connectivity index (χ4v) is 2.60. The van der Waals surface area contributed by atoms with Crippen molar-refractivity contribution in [3.05, 3.63) is 22.4 Å². The molecule has 0 N–H and O–H groups in total. The fourth-order valence-electron chi connectivity index (χ4n) is 1.90.